The van der Waals surface area contributed by atoms with Crippen LogP contribution in [0, 0.1) is 11.3 Å². The Kier molecular flexibility index (Phi) is 5.32. The number of hydrogen-bond acceptors (Lipinski definition) is 4. The van der Waals surface area contributed by atoms with Crippen LogP contribution in [0.25, 0.3) is 0 Å². The molecule has 0 saturated heterocycles. The van der Waals surface area contributed by atoms with E-state index in [0.29, 0.717) is 18.1 Å². The Bertz CT molecular complexity index is 432. The first-order valence-electron chi connectivity index (χ1n) is 5.32. The highest BCUT2D eigenvalue weighted by molar-refractivity contribution is 5.97. The average Bonchev–Trinajstić information content (AvgIpc) is 2.37. The maximum Gasteiger partial charge on any atom is 0.197 e. The predicted molar refractivity (Wildman–Crippen MR) is 64.1 cm³/mol. The number of carbonyl (C=O) groups is 1. The molecule has 1 rings (SSSR count). The van der Waals surface area contributed by atoms with Crippen LogP contribution >= 0.6 is 0 Å². The fourth-order valence-electron chi connectivity index (χ4n) is 1.25. The number of ether oxygens (including phenoxy) is 1. The molecule has 0 spiro atoms. The number of ketones is 1. The molecule has 1 N–H and O–H groups in total. The van der Waals surface area contributed by atoms with E-state index < -0.39 is 0 Å². The molecule has 0 radical (unpaired) electrons. The minimum atomic E-state index is -0.0471. The summed E-state index contributed by atoms with van der Waals surface area (Å²) < 4.78 is 5.14. The Balaban J connectivity index is 2.53. The van der Waals surface area contributed by atoms with E-state index in [-0.39, 0.29) is 12.3 Å². The SMILES string of the molecule is CCO/C(=C/C#N)NCC(=O)c1ccccc1. The van der Waals surface area contributed by atoms with Crippen molar-refractivity contribution in [3.63, 3.8) is 0 Å². The lowest BCUT2D eigenvalue weighted by molar-refractivity contribution is 0.0982. The third-order valence-corrected chi connectivity index (χ3v) is 2.01. The van der Waals surface area contributed by atoms with Gasteiger partial charge in [-0.15, -0.1) is 0 Å². The van der Waals surface area contributed by atoms with Gasteiger partial charge in [0.1, 0.15) is 0 Å². The highest BCUT2D eigenvalue weighted by Gasteiger charge is 2.05. The summed E-state index contributed by atoms with van der Waals surface area (Å²) in [5.41, 5.74) is 0.632. The minimum absolute atomic E-state index is 0.0471. The van der Waals surface area contributed by atoms with Gasteiger partial charge in [0.05, 0.1) is 25.3 Å². The van der Waals surface area contributed by atoms with Crippen LogP contribution in [0.3, 0.4) is 0 Å². The number of allylic oxidation sites excluding steroid dienone is 1. The van der Waals surface area contributed by atoms with Crippen molar-refractivity contribution in [3.8, 4) is 6.07 Å². The summed E-state index contributed by atoms with van der Waals surface area (Å²) in [5, 5.41) is 11.3. The second-order valence-corrected chi connectivity index (χ2v) is 3.21. The number of nitrogens with one attached hydrogen (secondary N) is 1. The summed E-state index contributed by atoms with van der Waals surface area (Å²) in [6.07, 6.45) is 1.24. The van der Waals surface area contributed by atoms with E-state index in [0.717, 1.165) is 0 Å². The molecule has 0 bridgehead atoms. The Morgan fingerprint density at radius 3 is 2.76 bits per heavy atom. The highest BCUT2D eigenvalue weighted by atomic mass is 16.5. The molecule has 0 atom stereocenters. The molecule has 17 heavy (non-hydrogen) atoms. The summed E-state index contributed by atoms with van der Waals surface area (Å²) in [7, 11) is 0. The number of nitrogens with zero attached hydrogens (tertiary/aromatic N) is 1. The van der Waals surface area contributed by atoms with Gasteiger partial charge in [0.25, 0.3) is 0 Å². The standard InChI is InChI=1S/C13H14N2O2/c1-2-17-13(8-9-14)15-10-12(16)11-6-4-3-5-7-11/h3-8,15H,2,10H2,1H3/b13-8+. The summed E-state index contributed by atoms with van der Waals surface area (Å²) in [6.45, 7) is 2.36. The average molecular weight is 230 g/mol. The van der Waals surface area contributed by atoms with Gasteiger partial charge in [-0.25, -0.2) is 0 Å². The van der Waals surface area contributed by atoms with Crippen molar-refractivity contribution >= 4 is 5.78 Å². The Labute approximate surface area is 101 Å². The molecule has 0 amide bonds. The second kappa shape index (κ2) is 7.07. The normalized spacial score (nSPS) is 10.5. The van der Waals surface area contributed by atoms with Crippen molar-refractivity contribution < 1.29 is 9.53 Å². The molecule has 0 saturated carbocycles. The van der Waals surface area contributed by atoms with Gasteiger partial charge >= 0.3 is 0 Å². The zero-order valence-corrected chi connectivity index (χ0v) is 9.64. The Hall–Kier alpha value is -2.28. The first-order valence-corrected chi connectivity index (χ1v) is 5.32. The van der Waals surface area contributed by atoms with Gasteiger partial charge in [0.2, 0.25) is 0 Å². The largest absolute Gasteiger partial charge is 0.479 e. The molecule has 0 aliphatic carbocycles. The molecule has 0 unspecified atom stereocenters. The molecular weight excluding hydrogens is 216 g/mol. The molecule has 0 aliphatic heterocycles. The van der Waals surface area contributed by atoms with Gasteiger partial charge in [0, 0.05) is 5.56 Å². The van der Waals surface area contributed by atoms with E-state index in [4.69, 9.17) is 10.00 Å². The lowest BCUT2D eigenvalue weighted by Gasteiger charge is -2.09. The Morgan fingerprint density at radius 2 is 2.18 bits per heavy atom. The highest BCUT2D eigenvalue weighted by Crippen LogP contribution is 2.00. The number of Topliss-reactive ketones (excluding diaryl/α,β-unsaturated/α-hetero) is 1. The van der Waals surface area contributed by atoms with Crippen LogP contribution in [0.2, 0.25) is 0 Å². The third-order valence-electron chi connectivity index (χ3n) is 2.01. The Morgan fingerprint density at radius 1 is 1.47 bits per heavy atom. The maximum absolute atomic E-state index is 11.7. The van der Waals surface area contributed by atoms with Crippen LogP contribution in [0.5, 0.6) is 0 Å². The first kappa shape index (κ1) is 12.8. The molecule has 88 valence electrons. The zero-order valence-electron chi connectivity index (χ0n) is 9.64. The van der Waals surface area contributed by atoms with Crippen LogP contribution in [0.4, 0.5) is 0 Å². The summed E-state index contributed by atoms with van der Waals surface area (Å²) in [4.78, 5) is 11.7. The molecule has 0 fully saturated rings. The van der Waals surface area contributed by atoms with Crippen LogP contribution in [-0.4, -0.2) is 18.9 Å². The fourth-order valence-corrected chi connectivity index (χ4v) is 1.25. The lowest BCUT2D eigenvalue weighted by atomic mass is 10.1. The van der Waals surface area contributed by atoms with Crippen LogP contribution in [0.1, 0.15) is 17.3 Å². The molecule has 1 aromatic rings. The van der Waals surface area contributed by atoms with Crippen molar-refractivity contribution in [1.29, 1.82) is 5.26 Å². The zero-order chi connectivity index (χ0) is 12.5. The van der Waals surface area contributed by atoms with E-state index in [1.807, 2.05) is 31.2 Å². The third kappa shape index (κ3) is 4.39. The second-order valence-electron chi connectivity index (χ2n) is 3.21. The summed E-state index contributed by atoms with van der Waals surface area (Å²) >= 11 is 0. The first-order chi connectivity index (χ1) is 8.27. The van der Waals surface area contributed by atoms with Crippen LogP contribution in [-0.2, 0) is 4.74 Å². The molecule has 0 aliphatic rings. The van der Waals surface area contributed by atoms with Gasteiger partial charge in [-0.2, -0.15) is 5.26 Å². The molecular formula is C13H14N2O2. The quantitative estimate of drug-likeness (QED) is 0.460. The predicted octanol–water partition coefficient (Wildman–Crippen LogP) is 1.86. The fraction of sp³-hybridized carbons (Fsp3) is 0.231. The molecule has 4 nitrogen and oxygen atoms in total. The van der Waals surface area contributed by atoms with Crippen LogP contribution < -0.4 is 5.32 Å². The van der Waals surface area contributed by atoms with Crippen LogP contribution in [0.15, 0.2) is 42.3 Å². The molecule has 4 heteroatoms. The molecule has 0 aromatic heterocycles. The van der Waals surface area contributed by atoms with Crippen molar-refractivity contribution in [2.24, 2.45) is 0 Å². The van der Waals surface area contributed by atoms with Crippen molar-refractivity contribution in [2.75, 3.05) is 13.2 Å². The lowest BCUT2D eigenvalue weighted by Crippen LogP contribution is -2.24. The van der Waals surface area contributed by atoms with Crippen molar-refractivity contribution in [1.82, 2.24) is 5.32 Å². The van der Waals surface area contributed by atoms with Gasteiger partial charge in [-0.1, -0.05) is 30.3 Å². The number of nitriles is 1. The molecule has 0 heterocycles. The van der Waals surface area contributed by atoms with E-state index >= 15 is 0 Å². The van der Waals surface area contributed by atoms with Gasteiger partial charge in [-0.05, 0) is 6.92 Å². The van der Waals surface area contributed by atoms with Gasteiger partial charge < -0.3 is 10.1 Å². The number of carbonyl (C=O) groups excluding carboxylic acids is 1. The maximum atomic E-state index is 11.7. The van der Waals surface area contributed by atoms with E-state index in [1.165, 1.54) is 6.08 Å². The topological polar surface area (TPSA) is 62.1 Å². The van der Waals surface area contributed by atoms with Crippen molar-refractivity contribution in [3.05, 3.63) is 47.9 Å². The monoisotopic (exact) mass is 230 g/mol. The number of benzene rings is 1. The number of hydrogen-bond donors (Lipinski definition) is 1. The van der Waals surface area contributed by atoms with E-state index in [9.17, 15) is 4.79 Å². The van der Waals surface area contributed by atoms with E-state index in [2.05, 4.69) is 5.32 Å². The van der Waals surface area contributed by atoms with E-state index in [1.54, 1.807) is 12.1 Å². The number of rotatable bonds is 6. The van der Waals surface area contributed by atoms with Gasteiger partial charge in [0.15, 0.2) is 11.7 Å². The molecule has 1 aromatic carbocycles. The van der Waals surface area contributed by atoms with Crippen molar-refractivity contribution in [2.45, 2.75) is 6.92 Å². The minimum Gasteiger partial charge on any atom is -0.479 e. The summed E-state index contributed by atoms with van der Waals surface area (Å²) in [5.74, 6) is 0.272. The smallest absolute Gasteiger partial charge is 0.197 e. The summed E-state index contributed by atoms with van der Waals surface area (Å²) in [6, 6.07) is 10.8. The van der Waals surface area contributed by atoms with Gasteiger partial charge in [-0.3, -0.25) is 4.79 Å².